The number of anilines is 1. The third-order valence-electron chi connectivity index (χ3n) is 5.16. The highest BCUT2D eigenvalue weighted by Crippen LogP contribution is 2.22. The lowest BCUT2D eigenvalue weighted by Gasteiger charge is -2.31. The van der Waals surface area contributed by atoms with Crippen molar-refractivity contribution in [2.75, 3.05) is 23.7 Å². The van der Waals surface area contributed by atoms with Crippen LogP contribution >= 0.6 is 15.9 Å². The Morgan fingerprint density at radius 1 is 1.06 bits per heavy atom. The molecule has 7 nitrogen and oxygen atoms in total. The van der Waals surface area contributed by atoms with Gasteiger partial charge in [-0.3, -0.25) is 13.9 Å². The molecule has 0 unspecified atom stereocenters. The lowest BCUT2D eigenvalue weighted by Crippen LogP contribution is -2.51. The molecule has 0 saturated heterocycles. The molecule has 0 spiro atoms. The minimum absolute atomic E-state index is 0.178. The fourth-order valence-corrected chi connectivity index (χ4v) is 4.57. The molecule has 0 aliphatic heterocycles. The number of hydrogen-bond acceptors (Lipinski definition) is 4. The molecule has 0 heterocycles. The van der Waals surface area contributed by atoms with Gasteiger partial charge in [0.15, 0.2) is 0 Å². The molecule has 0 radical (unpaired) electrons. The van der Waals surface area contributed by atoms with E-state index in [0.29, 0.717) is 12.2 Å². The van der Waals surface area contributed by atoms with Crippen LogP contribution < -0.4 is 9.62 Å². The van der Waals surface area contributed by atoms with E-state index in [4.69, 9.17) is 0 Å². The van der Waals surface area contributed by atoms with Crippen molar-refractivity contribution in [3.63, 3.8) is 0 Å². The fourth-order valence-electron chi connectivity index (χ4n) is 3.47. The normalized spacial score (nSPS) is 12.2. The van der Waals surface area contributed by atoms with E-state index >= 15 is 0 Å². The fraction of sp³-hybridized carbons (Fsp3) is 0.417. The standard InChI is InChI=1S/C24H32BrN3O4S/c1-6-11-26-24(30)19(4)27(15-20-7-9-21(25)10-8-20)23(29)16-28(33(5,31)32)22-13-17(2)12-18(3)14-22/h7-10,12-14,19H,6,11,15-16H2,1-5H3,(H,26,30)/t19-/m0/s1. The molecular formula is C24H32BrN3O4S. The first-order chi connectivity index (χ1) is 15.4. The zero-order chi connectivity index (χ0) is 24.8. The number of aryl methyl sites for hydroxylation is 2. The van der Waals surface area contributed by atoms with Gasteiger partial charge in [0, 0.05) is 17.6 Å². The molecule has 0 aromatic heterocycles. The molecule has 0 bridgehead atoms. The minimum Gasteiger partial charge on any atom is -0.354 e. The number of benzene rings is 2. The zero-order valence-electron chi connectivity index (χ0n) is 19.8. The highest BCUT2D eigenvalue weighted by molar-refractivity contribution is 9.10. The zero-order valence-corrected chi connectivity index (χ0v) is 22.2. The van der Waals surface area contributed by atoms with Gasteiger partial charge >= 0.3 is 0 Å². The number of sulfonamides is 1. The molecule has 2 rings (SSSR count). The van der Waals surface area contributed by atoms with E-state index in [1.807, 2.05) is 51.1 Å². The Labute approximate surface area is 205 Å². The molecule has 2 amide bonds. The Morgan fingerprint density at radius 3 is 2.15 bits per heavy atom. The molecule has 0 aliphatic carbocycles. The largest absolute Gasteiger partial charge is 0.354 e. The molecule has 0 aliphatic rings. The second-order valence-corrected chi connectivity index (χ2v) is 11.1. The number of amides is 2. The monoisotopic (exact) mass is 537 g/mol. The van der Waals surface area contributed by atoms with Crippen molar-refractivity contribution < 1.29 is 18.0 Å². The van der Waals surface area contributed by atoms with Crippen molar-refractivity contribution in [1.29, 1.82) is 0 Å². The van der Waals surface area contributed by atoms with Crippen LogP contribution in [0.25, 0.3) is 0 Å². The van der Waals surface area contributed by atoms with Crippen LogP contribution in [0.4, 0.5) is 5.69 Å². The number of rotatable bonds is 10. The quantitative estimate of drug-likeness (QED) is 0.499. The van der Waals surface area contributed by atoms with Gasteiger partial charge in [0.25, 0.3) is 0 Å². The molecule has 2 aromatic carbocycles. The van der Waals surface area contributed by atoms with Gasteiger partial charge in [-0.1, -0.05) is 41.1 Å². The van der Waals surface area contributed by atoms with Crippen molar-refractivity contribution in [2.24, 2.45) is 0 Å². The van der Waals surface area contributed by atoms with E-state index in [0.717, 1.165) is 38.1 Å². The van der Waals surface area contributed by atoms with Gasteiger partial charge in [-0.2, -0.15) is 0 Å². The van der Waals surface area contributed by atoms with E-state index in [-0.39, 0.29) is 12.5 Å². The van der Waals surface area contributed by atoms with Crippen molar-refractivity contribution in [1.82, 2.24) is 10.2 Å². The highest BCUT2D eigenvalue weighted by atomic mass is 79.9. The van der Waals surface area contributed by atoms with E-state index in [1.54, 1.807) is 19.1 Å². The summed E-state index contributed by atoms with van der Waals surface area (Å²) in [7, 11) is -3.74. The van der Waals surface area contributed by atoms with Gasteiger partial charge in [0.2, 0.25) is 21.8 Å². The van der Waals surface area contributed by atoms with Crippen LogP contribution in [0.5, 0.6) is 0 Å². The Balaban J connectivity index is 2.39. The molecule has 180 valence electrons. The highest BCUT2D eigenvalue weighted by Gasteiger charge is 2.30. The third-order valence-corrected chi connectivity index (χ3v) is 6.83. The van der Waals surface area contributed by atoms with Gasteiger partial charge in [0.05, 0.1) is 11.9 Å². The first kappa shape index (κ1) is 26.9. The van der Waals surface area contributed by atoms with Gasteiger partial charge < -0.3 is 10.2 Å². The molecule has 0 saturated carbocycles. The van der Waals surface area contributed by atoms with Crippen molar-refractivity contribution >= 4 is 43.5 Å². The maximum absolute atomic E-state index is 13.5. The first-order valence-electron chi connectivity index (χ1n) is 10.8. The number of halogens is 1. The Morgan fingerprint density at radius 2 is 1.64 bits per heavy atom. The Kier molecular flexibility index (Phi) is 9.48. The van der Waals surface area contributed by atoms with Crippen LogP contribution in [0.3, 0.4) is 0 Å². The van der Waals surface area contributed by atoms with Gasteiger partial charge in [-0.05, 0) is 68.1 Å². The minimum atomic E-state index is -3.74. The average Bonchev–Trinajstić information content (AvgIpc) is 2.73. The van der Waals surface area contributed by atoms with Gasteiger partial charge in [-0.15, -0.1) is 0 Å². The topological polar surface area (TPSA) is 86.8 Å². The predicted octanol–water partition coefficient (Wildman–Crippen LogP) is 3.78. The van der Waals surface area contributed by atoms with E-state index in [1.165, 1.54) is 4.90 Å². The second kappa shape index (κ2) is 11.7. The molecule has 33 heavy (non-hydrogen) atoms. The lowest BCUT2D eigenvalue weighted by molar-refractivity contribution is -0.139. The summed E-state index contributed by atoms with van der Waals surface area (Å²) in [5, 5.41) is 2.82. The summed E-state index contributed by atoms with van der Waals surface area (Å²) >= 11 is 3.40. The van der Waals surface area contributed by atoms with Crippen molar-refractivity contribution in [3.05, 3.63) is 63.6 Å². The maximum atomic E-state index is 13.5. The Hall–Kier alpha value is -2.39. The van der Waals surface area contributed by atoms with Crippen LogP contribution in [0.15, 0.2) is 46.9 Å². The summed E-state index contributed by atoms with van der Waals surface area (Å²) < 4.78 is 27.2. The van der Waals surface area contributed by atoms with Crippen LogP contribution in [0, 0.1) is 13.8 Å². The van der Waals surface area contributed by atoms with Crippen molar-refractivity contribution in [2.45, 2.75) is 46.7 Å². The van der Waals surface area contributed by atoms with Gasteiger partial charge in [0.1, 0.15) is 12.6 Å². The smallest absolute Gasteiger partial charge is 0.244 e. The summed E-state index contributed by atoms with van der Waals surface area (Å²) in [5.41, 5.74) is 3.05. The number of carbonyl (C=O) groups excluding carboxylic acids is 2. The van der Waals surface area contributed by atoms with Gasteiger partial charge in [-0.25, -0.2) is 8.42 Å². The van der Waals surface area contributed by atoms with Crippen molar-refractivity contribution in [3.8, 4) is 0 Å². The van der Waals surface area contributed by atoms with Crippen LogP contribution in [0.1, 0.15) is 37.0 Å². The third kappa shape index (κ3) is 7.85. The summed E-state index contributed by atoms with van der Waals surface area (Å²) in [6, 6.07) is 12.1. The number of hydrogen-bond donors (Lipinski definition) is 1. The van der Waals surface area contributed by atoms with E-state index in [9.17, 15) is 18.0 Å². The molecule has 1 atom stereocenters. The molecular weight excluding hydrogens is 506 g/mol. The average molecular weight is 539 g/mol. The number of nitrogens with one attached hydrogen (secondary N) is 1. The summed E-state index contributed by atoms with van der Waals surface area (Å²) in [6.07, 6.45) is 1.85. The lowest BCUT2D eigenvalue weighted by atomic mass is 10.1. The van der Waals surface area contributed by atoms with Crippen LogP contribution in [0.2, 0.25) is 0 Å². The van der Waals surface area contributed by atoms with Crippen LogP contribution in [-0.4, -0.2) is 50.5 Å². The summed E-state index contributed by atoms with van der Waals surface area (Å²) in [6.45, 7) is 7.63. The SMILES string of the molecule is CCCNC(=O)[C@H](C)N(Cc1ccc(Br)cc1)C(=O)CN(c1cc(C)cc(C)c1)S(C)(=O)=O. The number of carbonyl (C=O) groups is 2. The summed E-state index contributed by atoms with van der Waals surface area (Å²) in [4.78, 5) is 27.6. The predicted molar refractivity (Wildman–Crippen MR) is 136 cm³/mol. The second-order valence-electron chi connectivity index (χ2n) is 8.23. The number of nitrogens with zero attached hydrogens (tertiary/aromatic N) is 2. The Bertz CT molecular complexity index is 1070. The molecule has 9 heteroatoms. The molecule has 2 aromatic rings. The first-order valence-corrected chi connectivity index (χ1v) is 13.4. The van der Waals surface area contributed by atoms with Crippen LogP contribution in [-0.2, 0) is 26.2 Å². The molecule has 1 N–H and O–H groups in total. The summed E-state index contributed by atoms with van der Waals surface area (Å²) in [5.74, 6) is -0.735. The van der Waals surface area contributed by atoms with E-state index in [2.05, 4.69) is 21.2 Å². The molecule has 0 fully saturated rings. The van der Waals surface area contributed by atoms with E-state index < -0.39 is 28.5 Å². The maximum Gasteiger partial charge on any atom is 0.244 e.